The minimum absolute atomic E-state index is 0.705. The molecule has 1 aliphatic heterocycles. The Balaban J connectivity index is 1.82. The van der Waals surface area contributed by atoms with E-state index in [-0.39, 0.29) is 0 Å². The maximum Gasteiger partial charge on any atom is 0.191 e. The van der Waals surface area contributed by atoms with Gasteiger partial charge in [0.15, 0.2) is 5.96 Å². The van der Waals surface area contributed by atoms with Gasteiger partial charge in [0.05, 0.1) is 0 Å². The van der Waals surface area contributed by atoms with E-state index in [4.69, 9.17) is 17.3 Å². The van der Waals surface area contributed by atoms with Gasteiger partial charge in [0.25, 0.3) is 0 Å². The van der Waals surface area contributed by atoms with E-state index in [1.54, 1.807) is 0 Å². The number of nitrogens with two attached hydrogens (primary N) is 1. The minimum Gasteiger partial charge on any atom is -0.370 e. The molecule has 0 aliphatic carbocycles. The number of likely N-dealkylation sites (tertiary alicyclic amines) is 1. The van der Waals surface area contributed by atoms with Crippen molar-refractivity contribution < 1.29 is 0 Å². The van der Waals surface area contributed by atoms with Gasteiger partial charge in [0.1, 0.15) is 0 Å². The molecule has 0 bridgehead atoms. The van der Waals surface area contributed by atoms with E-state index < -0.39 is 0 Å². The first-order valence-electron chi connectivity index (χ1n) is 7.05. The van der Waals surface area contributed by atoms with Crippen LogP contribution in [0, 0.1) is 0 Å². The van der Waals surface area contributed by atoms with E-state index in [2.05, 4.69) is 9.89 Å². The molecule has 19 heavy (non-hydrogen) atoms. The fraction of sp³-hybridized carbons (Fsp3) is 0.533. The van der Waals surface area contributed by atoms with Crippen LogP contribution >= 0.6 is 11.6 Å². The number of halogens is 1. The van der Waals surface area contributed by atoms with Crippen LogP contribution in [0.3, 0.4) is 0 Å². The van der Waals surface area contributed by atoms with Crippen LogP contribution in [-0.4, -0.2) is 30.5 Å². The standard InChI is InChI=1S/C15H22ClN3/c16-14-7-5-13(6-8-14)9-10-18-15(17)19-11-3-1-2-4-12-19/h5-8H,1-4,9-12H2,(H2,17,18). The summed E-state index contributed by atoms with van der Waals surface area (Å²) >= 11 is 5.86. The number of hydrogen-bond donors (Lipinski definition) is 1. The van der Waals surface area contributed by atoms with Gasteiger partial charge in [-0.15, -0.1) is 0 Å². The molecule has 0 radical (unpaired) electrons. The van der Waals surface area contributed by atoms with E-state index in [9.17, 15) is 0 Å². The van der Waals surface area contributed by atoms with Gasteiger partial charge in [-0.25, -0.2) is 0 Å². The minimum atomic E-state index is 0.705. The van der Waals surface area contributed by atoms with Crippen LogP contribution in [0.4, 0.5) is 0 Å². The molecule has 1 aliphatic rings. The highest BCUT2D eigenvalue weighted by atomic mass is 35.5. The number of nitrogens with zero attached hydrogens (tertiary/aromatic N) is 2. The first kappa shape index (κ1) is 14.2. The number of guanidine groups is 1. The van der Waals surface area contributed by atoms with Gasteiger partial charge in [-0.3, -0.25) is 4.99 Å². The Morgan fingerprint density at radius 2 is 1.74 bits per heavy atom. The Morgan fingerprint density at radius 3 is 2.37 bits per heavy atom. The Hall–Kier alpha value is -1.22. The highest BCUT2D eigenvalue weighted by molar-refractivity contribution is 6.30. The van der Waals surface area contributed by atoms with Crippen LogP contribution in [0.5, 0.6) is 0 Å². The molecule has 1 heterocycles. The third kappa shape index (κ3) is 4.75. The molecule has 2 N–H and O–H groups in total. The zero-order chi connectivity index (χ0) is 13.5. The summed E-state index contributed by atoms with van der Waals surface area (Å²) in [6.45, 7) is 2.84. The van der Waals surface area contributed by atoms with Gasteiger partial charge in [0.2, 0.25) is 0 Å². The van der Waals surface area contributed by atoms with Gasteiger partial charge >= 0.3 is 0 Å². The van der Waals surface area contributed by atoms with Crippen molar-refractivity contribution in [2.24, 2.45) is 10.7 Å². The third-order valence-corrected chi connectivity index (χ3v) is 3.77. The highest BCUT2D eigenvalue weighted by Crippen LogP contribution is 2.11. The summed E-state index contributed by atoms with van der Waals surface area (Å²) < 4.78 is 0. The zero-order valence-corrected chi connectivity index (χ0v) is 12.1. The molecule has 4 heteroatoms. The fourth-order valence-electron chi connectivity index (χ4n) is 2.35. The normalized spacial score (nSPS) is 17.3. The summed E-state index contributed by atoms with van der Waals surface area (Å²) in [6, 6.07) is 7.91. The Morgan fingerprint density at radius 1 is 1.11 bits per heavy atom. The molecule has 0 spiro atoms. The summed E-state index contributed by atoms with van der Waals surface area (Å²) in [4.78, 5) is 6.71. The van der Waals surface area contributed by atoms with Crippen molar-refractivity contribution in [1.29, 1.82) is 0 Å². The van der Waals surface area contributed by atoms with Crippen LogP contribution < -0.4 is 5.73 Å². The molecule has 0 amide bonds. The van der Waals surface area contributed by atoms with E-state index in [0.29, 0.717) is 5.96 Å². The molecule has 0 saturated carbocycles. The van der Waals surface area contributed by atoms with Gasteiger partial charge in [0, 0.05) is 24.7 Å². The Bertz CT molecular complexity index is 406. The molecule has 1 fully saturated rings. The van der Waals surface area contributed by atoms with Crippen LogP contribution in [0.2, 0.25) is 5.02 Å². The lowest BCUT2D eigenvalue weighted by Crippen LogP contribution is -2.38. The fourth-order valence-corrected chi connectivity index (χ4v) is 2.48. The zero-order valence-electron chi connectivity index (χ0n) is 11.3. The number of hydrogen-bond acceptors (Lipinski definition) is 1. The van der Waals surface area contributed by atoms with Gasteiger partial charge < -0.3 is 10.6 Å². The summed E-state index contributed by atoms with van der Waals surface area (Å²) in [5, 5.41) is 0.774. The second-order valence-electron chi connectivity index (χ2n) is 5.02. The van der Waals surface area contributed by atoms with E-state index >= 15 is 0 Å². The quantitative estimate of drug-likeness (QED) is 0.682. The van der Waals surface area contributed by atoms with Gasteiger partial charge in [-0.2, -0.15) is 0 Å². The highest BCUT2D eigenvalue weighted by Gasteiger charge is 2.10. The van der Waals surface area contributed by atoms with Gasteiger partial charge in [-0.1, -0.05) is 36.6 Å². The predicted molar refractivity (Wildman–Crippen MR) is 81.7 cm³/mol. The molecule has 0 unspecified atom stereocenters. The lowest BCUT2D eigenvalue weighted by Gasteiger charge is -2.21. The first-order valence-corrected chi connectivity index (χ1v) is 7.43. The molecular weight excluding hydrogens is 258 g/mol. The maximum atomic E-state index is 6.06. The summed E-state index contributed by atoms with van der Waals surface area (Å²) in [6.07, 6.45) is 6.00. The molecule has 0 atom stereocenters. The number of rotatable bonds is 3. The van der Waals surface area contributed by atoms with Crippen LogP contribution in [0.1, 0.15) is 31.2 Å². The predicted octanol–water partition coefficient (Wildman–Crippen LogP) is 3.07. The largest absolute Gasteiger partial charge is 0.370 e. The molecular formula is C15H22ClN3. The average Bonchev–Trinajstić information content (AvgIpc) is 2.70. The third-order valence-electron chi connectivity index (χ3n) is 3.52. The van der Waals surface area contributed by atoms with Crippen molar-refractivity contribution in [3.8, 4) is 0 Å². The molecule has 1 aromatic rings. The monoisotopic (exact) mass is 279 g/mol. The topological polar surface area (TPSA) is 41.6 Å². The SMILES string of the molecule is NC(=NCCc1ccc(Cl)cc1)N1CCCCCC1. The molecule has 0 aromatic heterocycles. The smallest absolute Gasteiger partial charge is 0.191 e. The second-order valence-corrected chi connectivity index (χ2v) is 5.45. The maximum absolute atomic E-state index is 6.06. The van der Waals surface area contributed by atoms with Crippen molar-refractivity contribution in [3.05, 3.63) is 34.9 Å². The van der Waals surface area contributed by atoms with E-state index in [1.807, 2.05) is 24.3 Å². The lowest BCUT2D eigenvalue weighted by molar-refractivity contribution is 0.428. The average molecular weight is 280 g/mol. The van der Waals surface area contributed by atoms with Crippen molar-refractivity contribution in [2.45, 2.75) is 32.1 Å². The first-order chi connectivity index (χ1) is 9.25. The molecule has 104 valence electrons. The number of benzene rings is 1. The molecule has 3 nitrogen and oxygen atoms in total. The van der Waals surface area contributed by atoms with Crippen LogP contribution in [0.15, 0.2) is 29.3 Å². The van der Waals surface area contributed by atoms with Gasteiger partial charge in [-0.05, 0) is 37.0 Å². The van der Waals surface area contributed by atoms with Crippen molar-refractivity contribution >= 4 is 17.6 Å². The summed E-state index contributed by atoms with van der Waals surface area (Å²) in [7, 11) is 0. The lowest BCUT2D eigenvalue weighted by atomic mass is 10.1. The Kier molecular flexibility index (Phi) is 5.52. The van der Waals surface area contributed by atoms with Crippen LogP contribution in [0.25, 0.3) is 0 Å². The van der Waals surface area contributed by atoms with Crippen LogP contribution in [-0.2, 0) is 6.42 Å². The van der Waals surface area contributed by atoms with Crippen molar-refractivity contribution in [1.82, 2.24) is 4.90 Å². The molecule has 1 saturated heterocycles. The van der Waals surface area contributed by atoms with E-state index in [1.165, 1.54) is 31.2 Å². The Labute approximate surface area is 120 Å². The molecule has 1 aromatic carbocycles. The second kappa shape index (κ2) is 7.39. The van der Waals surface area contributed by atoms with E-state index in [0.717, 1.165) is 31.1 Å². The summed E-state index contributed by atoms with van der Waals surface area (Å²) in [5.74, 6) is 0.705. The molecule has 2 rings (SSSR count). The van der Waals surface area contributed by atoms with Crippen molar-refractivity contribution in [2.75, 3.05) is 19.6 Å². The number of aliphatic imine (C=N–C) groups is 1. The summed E-state index contributed by atoms with van der Waals surface area (Å²) in [5.41, 5.74) is 7.31. The van der Waals surface area contributed by atoms with Crippen molar-refractivity contribution in [3.63, 3.8) is 0 Å².